The molecule has 0 saturated carbocycles. The number of benzene rings is 1. The second-order valence-corrected chi connectivity index (χ2v) is 5.00. The molecule has 1 N–H and O–H groups in total. The quantitative estimate of drug-likeness (QED) is 0.832. The first-order valence-corrected chi connectivity index (χ1v) is 6.25. The van der Waals surface area contributed by atoms with Crippen molar-refractivity contribution >= 4 is 33.4 Å². The monoisotopic (exact) mass is 299 g/mol. The van der Waals surface area contributed by atoms with E-state index in [1.165, 1.54) is 0 Å². The van der Waals surface area contributed by atoms with Crippen molar-refractivity contribution in [1.82, 2.24) is 5.32 Å². The lowest BCUT2D eigenvalue weighted by Crippen LogP contribution is -2.32. The number of carbonyl (C=O) groups excluding carboxylic acids is 1. The highest BCUT2D eigenvalue weighted by atomic mass is 79.9. The van der Waals surface area contributed by atoms with Crippen LogP contribution in [0.15, 0.2) is 34.8 Å². The molecule has 16 heavy (non-hydrogen) atoms. The number of hydrogen-bond acceptors (Lipinski definition) is 1. The highest BCUT2D eigenvalue weighted by molar-refractivity contribution is 9.10. The molecule has 1 aliphatic rings. The van der Waals surface area contributed by atoms with Crippen molar-refractivity contribution in [3.05, 3.63) is 45.4 Å². The van der Waals surface area contributed by atoms with E-state index in [0.29, 0.717) is 10.6 Å². The SMILES string of the molecule is O=C(NC1CC=CC1)c1ccc(Br)c(Cl)c1. The Morgan fingerprint density at radius 3 is 2.69 bits per heavy atom. The van der Waals surface area contributed by atoms with Crippen LogP contribution in [0.1, 0.15) is 23.2 Å². The third kappa shape index (κ3) is 2.66. The van der Waals surface area contributed by atoms with Crippen LogP contribution in [0.4, 0.5) is 0 Å². The number of amides is 1. The number of carbonyl (C=O) groups is 1. The topological polar surface area (TPSA) is 29.1 Å². The summed E-state index contributed by atoms with van der Waals surface area (Å²) in [6.07, 6.45) is 5.99. The van der Waals surface area contributed by atoms with Crippen LogP contribution in [-0.4, -0.2) is 11.9 Å². The van der Waals surface area contributed by atoms with Crippen LogP contribution >= 0.6 is 27.5 Å². The standard InChI is InChI=1S/C12H11BrClNO/c13-10-6-5-8(7-11(10)14)12(16)15-9-3-1-2-4-9/h1-2,5-7,9H,3-4H2,(H,15,16). The summed E-state index contributed by atoms with van der Waals surface area (Å²) in [5, 5.41) is 3.52. The minimum Gasteiger partial charge on any atom is -0.349 e. The van der Waals surface area contributed by atoms with Gasteiger partial charge in [0.1, 0.15) is 0 Å². The van der Waals surface area contributed by atoms with Gasteiger partial charge in [0.05, 0.1) is 5.02 Å². The molecule has 0 aromatic heterocycles. The molecule has 0 spiro atoms. The molecule has 2 rings (SSSR count). The Balaban J connectivity index is 2.05. The lowest BCUT2D eigenvalue weighted by molar-refractivity contribution is 0.0939. The third-order valence-electron chi connectivity index (χ3n) is 2.52. The lowest BCUT2D eigenvalue weighted by Gasteiger charge is -2.12. The molecule has 0 radical (unpaired) electrons. The van der Waals surface area contributed by atoms with Gasteiger partial charge in [0, 0.05) is 16.1 Å². The van der Waals surface area contributed by atoms with E-state index in [-0.39, 0.29) is 11.9 Å². The van der Waals surface area contributed by atoms with Gasteiger partial charge in [-0.15, -0.1) is 0 Å². The average Bonchev–Trinajstić information content (AvgIpc) is 2.74. The second-order valence-electron chi connectivity index (χ2n) is 3.74. The maximum atomic E-state index is 11.9. The van der Waals surface area contributed by atoms with Gasteiger partial charge < -0.3 is 5.32 Å². The summed E-state index contributed by atoms with van der Waals surface area (Å²) in [5.41, 5.74) is 0.597. The third-order valence-corrected chi connectivity index (χ3v) is 3.76. The highest BCUT2D eigenvalue weighted by Gasteiger charge is 2.14. The van der Waals surface area contributed by atoms with E-state index in [1.807, 2.05) is 0 Å². The van der Waals surface area contributed by atoms with Crippen LogP contribution in [0.2, 0.25) is 5.02 Å². The van der Waals surface area contributed by atoms with Crippen molar-refractivity contribution in [1.29, 1.82) is 0 Å². The Morgan fingerprint density at radius 1 is 1.38 bits per heavy atom. The number of nitrogens with one attached hydrogen (secondary N) is 1. The molecule has 0 saturated heterocycles. The van der Waals surface area contributed by atoms with Crippen molar-refractivity contribution < 1.29 is 4.79 Å². The fourth-order valence-electron chi connectivity index (χ4n) is 1.64. The van der Waals surface area contributed by atoms with Gasteiger partial charge in [-0.3, -0.25) is 4.79 Å². The van der Waals surface area contributed by atoms with Gasteiger partial charge in [0.2, 0.25) is 0 Å². The predicted octanol–water partition coefficient (Wildman–Crippen LogP) is 3.55. The first-order chi connectivity index (χ1) is 7.66. The van der Waals surface area contributed by atoms with Crippen LogP contribution in [0.5, 0.6) is 0 Å². The summed E-state index contributed by atoms with van der Waals surface area (Å²) in [4.78, 5) is 11.9. The van der Waals surface area contributed by atoms with Crippen molar-refractivity contribution in [2.24, 2.45) is 0 Å². The maximum Gasteiger partial charge on any atom is 0.251 e. The molecule has 1 aliphatic carbocycles. The lowest BCUT2D eigenvalue weighted by atomic mass is 10.2. The zero-order valence-electron chi connectivity index (χ0n) is 8.54. The molecular weight excluding hydrogens is 289 g/mol. The Labute approximate surface area is 108 Å². The molecule has 4 heteroatoms. The molecule has 0 fully saturated rings. The van der Waals surface area contributed by atoms with Crippen molar-refractivity contribution in [2.75, 3.05) is 0 Å². The van der Waals surface area contributed by atoms with Crippen molar-refractivity contribution in [2.45, 2.75) is 18.9 Å². The summed E-state index contributed by atoms with van der Waals surface area (Å²) >= 11 is 9.23. The van der Waals surface area contributed by atoms with Crippen LogP contribution in [0.25, 0.3) is 0 Å². The van der Waals surface area contributed by atoms with Gasteiger partial charge in [0.25, 0.3) is 5.91 Å². The van der Waals surface area contributed by atoms with E-state index in [0.717, 1.165) is 17.3 Å². The van der Waals surface area contributed by atoms with Crippen LogP contribution < -0.4 is 5.32 Å². The zero-order chi connectivity index (χ0) is 11.5. The second kappa shape index (κ2) is 5.02. The highest BCUT2D eigenvalue weighted by Crippen LogP contribution is 2.23. The van der Waals surface area contributed by atoms with E-state index < -0.39 is 0 Å². The molecule has 0 atom stereocenters. The zero-order valence-corrected chi connectivity index (χ0v) is 10.9. The Bertz CT molecular complexity index is 437. The fraction of sp³-hybridized carbons (Fsp3) is 0.250. The Kier molecular flexibility index (Phi) is 3.66. The fourth-order valence-corrected chi connectivity index (χ4v) is 2.07. The number of halogens is 2. The summed E-state index contributed by atoms with van der Waals surface area (Å²) in [7, 11) is 0. The minimum atomic E-state index is -0.0666. The van der Waals surface area contributed by atoms with Crippen LogP contribution in [-0.2, 0) is 0 Å². The minimum absolute atomic E-state index is 0.0666. The molecule has 0 unspecified atom stereocenters. The molecule has 0 bridgehead atoms. The van der Waals surface area contributed by atoms with Crippen LogP contribution in [0, 0.1) is 0 Å². The molecular formula is C12H11BrClNO. The van der Waals surface area contributed by atoms with Gasteiger partial charge >= 0.3 is 0 Å². The first-order valence-electron chi connectivity index (χ1n) is 5.08. The van der Waals surface area contributed by atoms with E-state index in [2.05, 4.69) is 33.4 Å². The first kappa shape index (κ1) is 11.7. The van der Waals surface area contributed by atoms with Gasteiger partial charge in [-0.25, -0.2) is 0 Å². The van der Waals surface area contributed by atoms with E-state index >= 15 is 0 Å². The normalized spacial score (nSPS) is 15.4. The van der Waals surface area contributed by atoms with E-state index in [4.69, 9.17) is 11.6 Å². The Hall–Kier alpha value is -0.800. The largest absolute Gasteiger partial charge is 0.349 e. The molecule has 1 aromatic carbocycles. The molecule has 1 aromatic rings. The summed E-state index contributed by atoms with van der Waals surface area (Å²) in [6, 6.07) is 5.44. The molecule has 0 heterocycles. The van der Waals surface area contributed by atoms with Crippen molar-refractivity contribution in [3.8, 4) is 0 Å². The van der Waals surface area contributed by atoms with Gasteiger partial charge in [-0.05, 0) is 47.0 Å². The molecule has 0 aliphatic heterocycles. The van der Waals surface area contributed by atoms with Crippen LogP contribution in [0.3, 0.4) is 0 Å². The Morgan fingerprint density at radius 2 is 2.06 bits per heavy atom. The molecule has 2 nitrogen and oxygen atoms in total. The average molecular weight is 301 g/mol. The maximum absolute atomic E-state index is 11.9. The summed E-state index contributed by atoms with van der Waals surface area (Å²) in [6.45, 7) is 0. The van der Waals surface area contributed by atoms with Gasteiger partial charge in [-0.1, -0.05) is 23.8 Å². The molecule has 84 valence electrons. The van der Waals surface area contributed by atoms with Gasteiger partial charge in [0.15, 0.2) is 0 Å². The smallest absolute Gasteiger partial charge is 0.251 e. The van der Waals surface area contributed by atoms with E-state index in [1.54, 1.807) is 18.2 Å². The number of hydrogen-bond donors (Lipinski definition) is 1. The van der Waals surface area contributed by atoms with Gasteiger partial charge in [-0.2, -0.15) is 0 Å². The van der Waals surface area contributed by atoms with E-state index in [9.17, 15) is 4.79 Å². The predicted molar refractivity (Wildman–Crippen MR) is 68.8 cm³/mol. The van der Waals surface area contributed by atoms with Crippen molar-refractivity contribution in [3.63, 3.8) is 0 Å². The molecule has 1 amide bonds. The summed E-state index contributed by atoms with van der Waals surface area (Å²) in [5.74, 6) is -0.0666. The summed E-state index contributed by atoms with van der Waals surface area (Å²) < 4.78 is 0.799. The number of rotatable bonds is 2.